The lowest BCUT2D eigenvalue weighted by atomic mass is 9.91. The summed E-state index contributed by atoms with van der Waals surface area (Å²) in [6, 6.07) is 22.4. The first-order valence-corrected chi connectivity index (χ1v) is 16.4. The monoisotopic (exact) mass is 619 g/mol. The Hall–Kier alpha value is -2.96. The molecule has 0 bridgehead atoms. The van der Waals surface area contributed by atoms with Gasteiger partial charge in [0.25, 0.3) is 10.0 Å². The highest BCUT2D eigenvalue weighted by Crippen LogP contribution is 2.31. The molecule has 3 aromatic rings. The number of rotatable bonds is 6. The summed E-state index contributed by atoms with van der Waals surface area (Å²) in [6.07, 6.45) is 1.06. The van der Waals surface area contributed by atoms with Gasteiger partial charge >= 0.3 is 0 Å². The Bertz CT molecular complexity index is 1650. The smallest absolute Gasteiger partial charge is 0.285 e. The standard InChI is InChI=1S/C27H27Cl2N5O4S2/c28-20-8-6-19(7-9-20)26-25(18-4-2-1-3-5-18)17-34(32-26)27(31-22-12-15-24(16-22)39(30,35)36)33-40(37,38)23-13-10-21(29)11-14-23/h1-11,13-14,22,24-25H,12,15-17H2,(H,31,33)(H2,30,35,36)/t22-,24+,25?/m0/s1. The zero-order valence-electron chi connectivity index (χ0n) is 21.2. The number of hydrogen-bond acceptors (Lipinski definition) is 5. The molecule has 2 aliphatic rings. The van der Waals surface area contributed by atoms with Crippen LogP contribution < -0.4 is 10.5 Å². The minimum atomic E-state index is -4.17. The second-order valence-corrected chi connectivity index (χ2v) is 14.1. The quantitative estimate of drug-likeness (QED) is 0.311. The van der Waals surface area contributed by atoms with Crippen molar-refractivity contribution in [3.63, 3.8) is 0 Å². The van der Waals surface area contributed by atoms with Gasteiger partial charge in [-0.15, -0.1) is 4.40 Å². The molecule has 3 atom stereocenters. The summed E-state index contributed by atoms with van der Waals surface area (Å²) >= 11 is 12.1. The van der Waals surface area contributed by atoms with E-state index in [1.54, 1.807) is 12.1 Å². The number of nitrogens with one attached hydrogen (secondary N) is 1. The zero-order valence-corrected chi connectivity index (χ0v) is 24.3. The molecule has 1 aliphatic carbocycles. The Kier molecular flexibility index (Phi) is 8.21. The molecule has 0 radical (unpaired) electrons. The molecule has 1 aliphatic heterocycles. The summed E-state index contributed by atoms with van der Waals surface area (Å²) in [5.74, 6) is -0.201. The maximum atomic E-state index is 13.4. The number of nitrogens with zero attached hydrogens (tertiary/aromatic N) is 3. The van der Waals surface area contributed by atoms with Crippen LogP contribution in [0.3, 0.4) is 0 Å². The van der Waals surface area contributed by atoms with Crippen molar-refractivity contribution < 1.29 is 16.8 Å². The highest BCUT2D eigenvalue weighted by molar-refractivity contribution is 7.90. The van der Waals surface area contributed by atoms with Crippen molar-refractivity contribution in [1.82, 2.24) is 10.3 Å². The first kappa shape index (κ1) is 28.6. The molecule has 0 spiro atoms. The summed E-state index contributed by atoms with van der Waals surface area (Å²) in [7, 11) is -7.90. The van der Waals surface area contributed by atoms with Gasteiger partial charge in [0.2, 0.25) is 16.0 Å². The molecule has 0 saturated heterocycles. The molecule has 1 fully saturated rings. The predicted molar refractivity (Wildman–Crippen MR) is 158 cm³/mol. The molecular weight excluding hydrogens is 593 g/mol. The van der Waals surface area contributed by atoms with E-state index in [1.807, 2.05) is 42.5 Å². The molecule has 1 saturated carbocycles. The summed E-state index contributed by atoms with van der Waals surface area (Å²) in [4.78, 5) is -0.0363. The molecule has 210 valence electrons. The number of primary sulfonamides is 1. The van der Waals surface area contributed by atoms with Crippen molar-refractivity contribution in [2.75, 3.05) is 6.54 Å². The lowest BCUT2D eigenvalue weighted by Gasteiger charge is -2.23. The summed E-state index contributed by atoms with van der Waals surface area (Å²) < 4.78 is 54.8. The minimum Gasteiger partial charge on any atom is -0.351 e. The summed E-state index contributed by atoms with van der Waals surface area (Å²) in [5.41, 5.74) is 2.54. The molecule has 1 heterocycles. The van der Waals surface area contributed by atoms with Crippen LogP contribution in [-0.4, -0.2) is 51.4 Å². The summed E-state index contributed by atoms with van der Waals surface area (Å²) in [6.45, 7) is 0.301. The molecule has 5 rings (SSSR count). The van der Waals surface area contributed by atoms with Crippen LogP contribution in [0.2, 0.25) is 10.0 Å². The number of hydrogen-bond donors (Lipinski definition) is 2. The highest BCUT2D eigenvalue weighted by atomic mass is 35.5. The van der Waals surface area contributed by atoms with Crippen LogP contribution in [0, 0.1) is 0 Å². The van der Waals surface area contributed by atoms with Gasteiger partial charge < -0.3 is 5.32 Å². The topological polar surface area (TPSA) is 134 Å². The van der Waals surface area contributed by atoms with Crippen molar-refractivity contribution in [1.29, 1.82) is 0 Å². The third-order valence-corrected chi connectivity index (χ3v) is 10.1. The highest BCUT2D eigenvalue weighted by Gasteiger charge is 2.36. The molecule has 9 nitrogen and oxygen atoms in total. The van der Waals surface area contributed by atoms with Gasteiger partial charge in [0.1, 0.15) is 0 Å². The average Bonchev–Trinajstić information content (AvgIpc) is 3.57. The number of halogens is 2. The van der Waals surface area contributed by atoms with Gasteiger partial charge in [0.15, 0.2) is 0 Å². The van der Waals surface area contributed by atoms with Crippen LogP contribution in [0.15, 0.2) is 93.3 Å². The Morgan fingerprint density at radius 2 is 1.52 bits per heavy atom. The molecular formula is C27H27Cl2N5O4S2. The van der Waals surface area contributed by atoms with Crippen molar-refractivity contribution in [2.45, 2.75) is 41.4 Å². The van der Waals surface area contributed by atoms with Crippen molar-refractivity contribution >= 4 is 54.9 Å². The Balaban J connectivity index is 1.55. The van der Waals surface area contributed by atoms with E-state index in [4.69, 9.17) is 33.4 Å². The van der Waals surface area contributed by atoms with E-state index in [9.17, 15) is 16.8 Å². The molecule has 13 heteroatoms. The van der Waals surface area contributed by atoms with Gasteiger partial charge in [-0.3, -0.25) is 0 Å². The van der Waals surface area contributed by atoms with E-state index in [1.165, 1.54) is 29.3 Å². The maximum Gasteiger partial charge on any atom is 0.285 e. The molecule has 1 unspecified atom stereocenters. The minimum absolute atomic E-state index is 0.0000796. The van der Waals surface area contributed by atoms with E-state index in [2.05, 4.69) is 9.71 Å². The van der Waals surface area contributed by atoms with Crippen molar-refractivity contribution in [3.8, 4) is 0 Å². The first-order chi connectivity index (χ1) is 19.0. The second kappa shape index (κ2) is 11.5. The number of nitrogens with two attached hydrogens (primary N) is 1. The fourth-order valence-corrected chi connectivity index (χ4v) is 7.11. The number of benzene rings is 3. The van der Waals surface area contributed by atoms with Crippen LogP contribution in [0.25, 0.3) is 0 Å². The molecule has 3 N–H and O–H groups in total. The number of guanidine groups is 1. The lowest BCUT2D eigenvalue weighted by molar-refractivity contribution is 0.441. The normalized spacial score (nSPS) is 21.9. The Labute approximate surface area is 243 Å². The molecule has 40 heavy (non-hydrogen) atoms. The maximum absolute atomic E-state index is 13.4. The average molecular weight is 621 g/mol. The van der Waals surface area contributed by atoms with Crippen LogP contribution in [0.5, 0.6) is 0 Å². The Morgan fingerprint density at radius 1 is 0.900 bits per heavy atom. The van der Waals surface area contributed by atoms with Crippen LogP contribution in [0.1, 0.15) is 36.3 Å². The molecule has 0 aromatic heterocycles. The lowest BCUT2D eigenvalue weighted by Crippen LogP contribution is -2.43. The number of sulfonamides is 2. The van der Waals surface area contributed by atoms with E-state index in [0.717, 1.165) is 16.8 Å². The fraction of sp³-hybridized carbons (Fsp3) is 0.259. The van der Waals surface area contributed by atoms with Gasteiger partial charge in [-0.1, -0.05) is 65.7 Å². The van der Waals surface area contributed by atoms with Gasteiger partial charge in [0, 0.05) is 22.0 Å². The van der Waals surface area contributed by atoms with E-state index in [-0.39, 0.29) is 29.2 Å². The van der Waals surface area contributed by atoms with Crippen LogP contribution >= 0.6 is 23.2 Å². The number of hydrazone groups is 1. The van der Waals surface area contributed by atoms with E-state index in [0.29, 0.717) is 29.4 Å². The van der Waals surface area contributed by atoms with Crippen molar-refractivity contribution in [2.24, 2.45) is 14.6 Å². The van der Waals surface area contributed by atoms with Gasteiger partial charge in [-0.2, -0.15) is 13.5 Å². The third-order valence-electron chi connectivity index (χ3n) is 7.00. The SMILES string of the molecule is NS(=O)(=O)[C@@H]1CC[C@H](NC(=NS(=O)(=O)c2ccc(Cl)cc2)N2CC(c3ccccc3)C(c3ccc(Cl)cc3)=N2)C1. The Morgan fingerprint density at radius 3 is 2.12 bits per heavy atom. The van der Waals surface area contributed by atoms with Crippen molar-refractivity contribution in [3.05, 3.63) is 100 Å². The zero-order chi connectivity index (χ0) is 28.5. The van der Waals surface area contributed by atoms with Crippen LogP contribution in [-0.2, 0) is 20.0 Å². The molecule has 3 aromatic carbocycles. The fourth-order valence-electron chi connectivity index (χ4n) is 4.94. The van der Waals surface area contributed by atoms with Gasteiger partial charge in [-0.25, -0.2) is 18.6 Å². The first-order valence-electron chi connectivity index (χ1n) is 12.6. The van der Waals surface area contributed by atoms with E-state index < -0.39 is 25.3 Å². The third kappa shape index (κ3) is 6.50. The summed E-state index contributed by atoms with van der Waals surface area (Å²) in [5, 5.41) is 15.2. The van der Waals surface area contributed by atoms with Crippen LogP contribution in [0.4, 0.5) is 0 Å². The van der Waals surface area contributed by atoms with Gasteiger partial charge in [-0.05, 0) is 66.8 Å². The van der Waals surface area contributed by atoms with E-state index >= 15 is 0 Å². The second-order valence-electron chi connectivity index (χ2n) is 9.75. The largest absolute Gasteiger partial charge is 0.351 e. The molecule has 0 amide bonds. The predicted octanol–water partition coefficient (Wildman–Crippen LogP) is 4.34. The van der Waals surface area contributed by atoms with Gasteiger partial charge in [0.05, 0.1) is 22.4 Å².